The molecule has 2 rings (SSSR count). The van der Waals surface area contributed by atoms with Crippen molar-refractivity contribution in [3.8, 4) is 0 Å². The van der Waals surface area contributed by atoms with Crippen LogP contribution in [0.1, 0.15) is 18.5 Å². The van der Waals surface area contributed by atoms with Gasteiger partial charge >= 0.3 is 0 Å². The molecule has 0 spiro atoms. The summed E-state index contributed by atoms with van der Waals surface area (Å²) in [5.74, 6) is 0. The van der Waals surface area contributed by atoms with Crippen molar-refractivity contribution < 1.29 is 0 Å². The van der Waals surface area contributed by atoms with E-state index in [9.17, 15) is 0 Å². The highest BCUT2D eigenvalue weighted by Gasteiger charge is 2.16. The number of nitrogens with two attached hydrogens (primary N) is 1. The third-order valence-electron chi connectivity index (χ3n) is 3.31. The molecule has 0 aliphatic rings. The molecule has 0 aliphatic carbocycles. The number of rotatable bonds is 3. The van der Waals surface area contributed by atoms with Crippen molar-refractivity contribution in [2.24, 2.45) is 0 Å². The highest BCUT2D eigenvalue weighted by atomic mass is 79.9. The monoisotopic (exact) mass is 338 g/mol. The van der Waals surface area contributed by atoms with E-state index < -0.39 is 0 Å². The Balaban J connectivity index is 2.36. The number of halogens is 2. The molecule has 100 valence electrons. The molecular formula is C15H16BrClN2. The molecule has 0 fully saturated rings. The fraction of sp³-hybridized carbons (Fsp3) is 0.200. The van der Waals surface area contributed by atoms with Gasteiger partial charge in [-0.1, -0.05) is 45.7 Å². The molecule has 2 aromatic rings. The van der Waals surface area contributed by atoms with Crippen LogP contribution in [0.2, 0.25) is 5.02 Å². The molecule has 0 saturated carbocycles. The van der Waals surface area contributed by atoms with E-state index in [0.717, 1.165) is 26.4 Å². The molecule has 1 atom stereocenters. The molecule has 0 bridgehead atoms. The Hall–Kier alpha value is -1.19. The van der Waals surface area contributed by atoms with Crippen LogP contribution in [0.5, 0.6) is 0 Å². The highest BCUT2D eigenvalue weighted by molar-refractivity contribution is 9.10. The summed E-state index contributed by atoms with van der Waals surface area (Å²) in [5, 5.41) is 0.774. The second kappa shape index (κ2) is 5.85. The fourth-order valence-corrected chi connectivity index (χ4v) is 2.70. The van der Waals surface area contributed by atoms with Crippen LogP contribution in [0.15, 0.2) is 46.9 Å². The van der Waals surface area contributed by atoms with E-state index in [4.69, 9.17) is 17.3 Å². The maximum absolute atomic E-state index is 6.25. The predicted molar refractivity (Wildman–Crippen MR) is 86.8 cm³/mol. The van der Waals surface area contributed by atoms with E-state index in [1.807, 2.05) is 49.5 Å². The molecule has 0 saturated heterocycles. The third-order valence-corrected chi connectivity index (χ3v) is 4.15. The molecule has 0 heterocycles. The van der Waals surface area contributed by atoms with Gasteiger partial charge in [-0.25, -0.2) is 0 Å². The summed E-state index contributed by atoms with van der Waals surface area (Å²) < 4.78 is 1.01. The van der Waals surface area contributed by atoms with Gasteiger partial charge in [-0.2, -0.15) is 0 Å². The molecule has 2 nitrogen and oxygen atoms in total. The van der Waals surface area contributed by atoms with Crippen molar-refractivity contribution in [2.45, 2.75) is 13.0 Å². The van der Waals surface area contributed by atoms with E-state index in [-0.39, 0.29) is 6.04 Å². The van der Waals surface area contributed by atoms with Gasteiger partial charge in [0.2, 0.25) is 0 Å². The van der Waals surface area contributed by atoms with E-state index in [2.05, 4.69) is 27.8 Å². The van der Waals surface area contributed by atoms with Crippen LogP contribution in [0.4, 0.5) is 11.4 Å². The molecule has 0 aliphatic heterocycles. The molecule has 0 aromatic heterocycles. The average Bonchev–Trinajstić information content (AvgIpc) is 2.40. The van der Waals surface area contributed by atoms with Gasteiger partial charge in [-0.05, 0) is 36.8 Å². The lowest BCUT2D eigenvalue weighted by Crippen LogP contribution is -2.22. The summed E-state index contributed by atoms with van der Waals surface area (Å²) in [6.07, 6.45) is 0. The molecule has 0 amide bonds. The molecule has 1 unspecified atom stereocenters. The Kier molecular flexibility index (Phi) is 4.38. The smallest absolute Gasteiger partial charge is 0.0613 e. The van der Waals surface area contributed by atoms with Gasteiger partial charge in [0.1, 0.15) is 0 Å². The number of nitrogen functional groups attached to an aromatic ring is 1. The summed E-state index contributed by atoms with van der Waals surface area (Å²) in [7, 11) is 2.02. The van der Waals surface area contributed by atoms with Crippen molar-refractivity contribution in [3.05, 3.63) is 57.5 Å². The molecule has 2 N–H and O–H groups in total. The number of benzene rings is 2. The van der Waals surface area contributed by atoms with Crippen LogP contribution in [-0.4, -0.2) is 7.05 Å². The standard InChI is InChI=1S/C15H16BrClN2/c1-10(12-5-3-4-6-13(12)17)19(2)15-9-11(16)7-8-14(15)18/h3-10H,18H2,1-2H3. The Labute approximate surface area is 127 Å². The van der Waals surface area contributed by atoms with Crippen molar-refractivity contribution in [3.63, 3.8) is 0 Å². The zero-order valence-electron chi connectivity index (χ0n) is 10.9. The zero-order valence-corrected chi connectivity index (χ0v) is 13.2. The van der Waals surface area contributed by atoms with Crippen LogP contribution >= 0.6 is 27.5 Å². The van der Waals surface area contributed by atoms with Crippen LogP contribution in [-0.2, 0) is 0 Å². The first-order valence-corrected chi connectivity index (χ1v) is 7.20. The molecular weight excluding hydrogens is 324 g/mol. The highest BCUT2D eigenvalue weighted by Crippen LogP contribution is 2.34. The van der Waals surface area contributed by atoms with E-state index in [1.54, 1.807) is 0 Å². The lowest BCUT2D eigenvalue weighted by Gasteiger charge is -2.29. The first-order chi connectivity index (χ1) is 9.00. The van der Waals surface area contributed by atoms with Gasteiger partial charge in [0.05, 0.1) is 17.4 Å². The number of nitrogens with zero attached hydrogens (tertiary/aromatic N) is 1. The average molecular weight is 340 g/mol. The fourth-order valence-electron chi connectivity index (χ4n) is 2.05. The summed E-state index contributed by atoms with van der Waals surface area (Å²) in [6, 6.07) is 13.9. The summed E-state index contributed by atoms with van der Waals surface area (Å²) in [6.45, 7) is 2.11. The summed E-state index contributed by atoms with van der Waals surface area (Å²) in [5.41, 5.74) is 8.88. The first kappa shape index (κ1) is 14.2. The topological polar surface area (TPSA) is 29.3 Å². The Morgan fingerprint density at radius 3 is 2.58 bits per heavy atom. The van der Waals surface area contributed by atoms with Crippen LogP contribution in [0.25, 0.3) is 0 Å². The van der Waals surface area contributed by atoms with Gasteiger partial charge in [-0.3, -0.25) is 0 Å². The normalized spacial score (nSPS) is 12.2. The van der Waals surface area contributed by atoms with Crippen molar-refractivity contribution >= 4 is 38.9 Å². The van der Waals surface area contributed by atoms with Gasteiger partial charge < -0.3 is 10.6 Å². The minimum absolute atomic E-state index is 0.144. The van der Waals surface area contributed by atoms with E-state index >= 15 is 0 Å². The van der Waals surface area contributed by atoms with Crippen molar-refractivity contribution in [2.75, 3.05) is 17.7 Å². The van der Waals surface area contributed by atoms with Gasteiger partial charge in [-0.15, -0.1) is 0 Å². The maximum Gasteiger partial charge on any atom is 0.0613 e. The Morgan fingerprint density at radius 2 is 1.89 bits per heavy atom. The molecule has 19 heavy (non-hydrogen) atoms. The van der Waals surface area contributed by atoms with Crippen LogP contribution in [0, 0.1) is 0 Å². The largest absolute Gasteiger partial charge is 0.397 e. The number of hydrogen-bond acceptors (Lipinski definition) is 2. The van der Waals surface area contributed by atoms with Crippen molar-refractivity contribution in [1.29, 1.82) is 0 Å². The number of hydrogen-bond donors (Lipinski definition) is 1. The summed E-state index contributed by atoms with van der Waals surface area (Å²) >= 11 is 9.73. The van der Waals surface area contributed by atoms with Gasteiger partial charge in [0, 0.05) is 16.5 Å². The van der Waals surface area contributed by atoms with E-state index in [1.165, 1.54) is 0 Å². The van der Waals surface area contributed by atoms with Crippen molar-refractivity contribution in [1.82, 2.24) is 0 Å². The SMILES string of the molecule is CC(c1ccccc1Cl)N(C)c1cc(Br)ccc1N. The Bertz CT molecular complexity index is 586. The second-order valence-corrected chi connectivity index (χ2v) is 5.83. The first-order valence-electron chi connectivity index (χ1n) is 6.03. The lowest BCUT2D eigenvalue weighted by atomic mass is 10.1. The van der Waals surface area contributed by atoms with Gasteiger partial charge in [0.25, 0.3) is 0 Å². The molecule has 2 aromatic carbocycles. The zero-order chi connectivity index (χ0) is 14.0. The van der Waals surface area contributed by atoms with Crippen LogP contribution in [0.3, 0.4) is 0 Å². The number of anilines is 2. The second-order valence-electron chi connectivity index (χ2n) is 4.51. The minimum Gasteiger partial charge on any atom is -0.397 e. The van der Waals surface area contributed by atoms with Gasteiger partial charge in [0.15, 0.2) is 0 Å². The molecule has 4 heteroatoms. The summed E-state index contributed by atoms with van der Waals surface area (Å²) in [4.78, 5) is 2.13. The maximum atomic E-state index is 6.25. The quantitative estimate of drug-likeness (QED) is 0.807. The Morgan fingerprint density at radius 1 is 1.21 bits per heavy atom. The molecule has 0 radical (unpaired) electrons. The minimum atomic E-state index is 0.144. The lowest BCUT2D eigenvalue weighted by molar-refractivity contribution is 0.741. The predicted octanol–water partition coefficient (Wildman–Crippen LogP) is 4.88. The van der Waals surface area contributed by atoms with E-state index in [0.29, 0.717) is 0 Å². The third kappa shape index (κ3) is 3.04. The van der Waals surface area contributed by atoms with Crippen LogP contribution < -0.4 is 10.6 Å².